The van der Waals surface area contributed by atoms with Gasteiger partial charge in [0, 0.05) is 5.92 Å². The monoisotopic (exact) mass is 1750 g/mol. The summed E-state index contributed by atoms with van der Waals surface area (Å²) < 4.78 is 33.5. The van der Waals surface area contributed by atoms with Crippen molar-refractivity contribution in [2.45, 2.75) is 405 Å². The van der Waals surface area contributed by atoms with Crippen molar-refractivity contribution in [1.82, 2.24) is 0 Å². The summed E-state index contributed by atoms with van der Waals surface area (Å²) >= 11 is 0. The number of aliphatic carboxylic acids is 3. The first-order valence-corrected chi connectivity index (χ1v) is 48.5. The van der Waals surface area contributed by atoms with Gasteiger partial charge < -0.3 is 84.6 Å². The first kappa shape index (κ1) is 95.4. The van der Waals surface area contributed by atoms with Crippen LogP contribution >= 0.6 is 0 Å². The maximum atomic E-state index is 14.9. The second kappa shape index (κ2) is 31.4. The molecular weight excluding hydrogens is 1590 g/mol. The molecule has 0 bridgehead atoms. The van der Waals surface area contributed by atoms with E-state index in [9.17, 15) is 84.9 Å². The highest BCUT2D eigenvalue weighted by Gasteiger charge is 2.76. The fourth-order valence-electron chi connectivity index (χ4n) is 34.8. The Balaban J connectivity index is 0.000000154. The number of ether oxygens (including phenoxy) is 6. The van der Waals surface area contributed by atoms with E-state index in [1.807, 2.05) is 19.9 Å². The van der Waals surface area contributed by atoms with Gasteiger partial charge in [-0.05, 0) is 328 Å². The lowest BCUT2D eigenvalue weighted by atomic mass is 9.33. The van der Waals surface area contributed by atoms with Crippen LogP contribution in [0.4, 0.5) is 0 Å². The Hall–Kier alpha value is -4.24. The van der Waals surface area contributed by atoms with Gasteiger partial charge in [-0.15, -0.1) is 0 Å². The lowest BCUT2D eigenvalue weighted by Crippen LogP contribution is -2.68. The Morgan fingerprint density at radius 2 is 0.944 bits per heavy atom. The standard InChI is InChI=1S/C42H62O16.C30H48O4.C30H48O3/c1-37(2)23-8-11-42(7)31(22(45)16-20-21-17-39(4,36(51)52)13-12-38(21,3)14-15-41(20,42)6)40(23,5)10-9-24(37)55-35-30(26(47)29(50)33(58-35)54-19-44)56-34-28(49)25(46)27(48)32(57-34)53-18-43;1-25(2)12-14-30(24(33)34)15-13-28(6)18(19(30)16-25)8-9-22-27(5)17-20(31)23(32)26(3,4)21(27)10-11-29(22,28)7;1-18-10-13-26(3)16-17-28(5)20(24(26)19(18)2)8-9-21-27(4)14-12-23(31)30(7,25(32)33)22(27)11-15-29(21,28)6/h16,18-19,21,23-35,46-50H,8-15,17H2,1-7H3,(H,51,52);8,19-23,31-32H,9-17H2,1-7H3,(H,33,34);8,18-19,21-24,31H,9-17H2,1-7H3,(H,32,33)/t21-,23-,24-,25-,26-,27-,28?,29-,30?,31+,32?,33?,34+,35+,38+,39-,40-,41+,42+;19-,20+,21-,22+,23-,27-,28+,29+,30-;18-,19+,21-,22-,23-,24+,26-,27-,28-,29-,30-/m001/s1. The highest BCUT2D eigenvalue weighted by atomic mass is 16.8. The predicted octanol–water partition coefficient (Wildman–Crippen LogP) is 15.6. The van der Waals surface area contributed by atoms with Gasteiger partial charge in [-0.3, -0.25) is 28.8 Å². The molecule has 14 fully saturated rings. The SMILES string of the molecule is CC1(C)CC[C@]2(C(=O)O)CC[C@]3(C)C(=CC[C@@H]4[C@@]5(C)C[C@@H](O)[C@H](O)C(C)(C)[C@@H]5CC[C@]43C)[C@@H]2C1.CC1(C)[C@@H](O[C@@H]2OC(OC=O)[C@@H](O)[C@H](O)C2O[C@@H]2OC(OC=O)[C@@H](O)[C@H](O)C2O)CC[C@]2(C)[C@H]3C(=O)C=C4[C@@H]5C[C@@](C)(C(=O)O)CC[C@]5(C)CC[C@@]4(C)[C@]3(C)CC[C@@H]12.C[C@H]1[C@H](C)CC[C@]2(C)CC[C@]3(C)C(=CC[C@@H]4[C@@]5(C)CC[C@@H](O)[C@](C)(C(=O)O)[C@@H]5CC[C@]43C)[C@H]12. The molecule has 0 radical (unpaired) electrons. The van der Waals surface area contributed by atoms with E-state index in [1.54, 1.807) is 5.57 Å². The van der Waals surface area contributed by atoms with Crippen LogP contribution in [-0.4, -0.2) is 179 Å². The van der Waals surface area contributed by atoms with Gasteiger partial charge in [0.1, 0.15) is 36.6 Å². The van der Waals surface area contributed by atoms with E-state index >= 15 is 0 Å². The molecule has 0 aromatic heterocycles. The van der Waals surface area contributed by atoms with E-state index in [2.05, 4.69) is 144 Å². The Morgan fingerprint density at radius 1 is 0.432 bits per heavy atom. The minimum Gasteiger partial charge on any atom is -0.481 e. The quantitative estimate of drug-likeness (QED) is 0.0520. The van der Waals surface area contributed by atoms with E-state index < -0.39 is 137 Å². The van der Waals surface area contributed by atoms with Crippen LogP contribution in [0.2, 0.25) is 0 Å². The molecule has 125 heavy (non-hydrogen) atoms. The van der Waals surface area contributed by atoms with Crippen molar-refractivity contribution in [3.05, 3.63) is 34.9 Å². The second-order valence-corrected chi connectivity index (χ2v) is 50.0. The van der Waals surface area contributed by atoms with E-state index in [0.717, 1.165) is 127 Å². The zero-order valence-corrected chi connectivity index (χ0v) is 79.2. The third-order valence-corrected chi connectivity index (χ3v) is 43.5. The van der Waals surface area contributed by atoms with Crippen molar-refractivity contribution in [2.24, 2.45) is 157 Å². The maximum absolute atomic E-state index is 14.9. The Kier molecular flexibility index (Phi) is 24.0. The third-order valence-electron chi connectivity index (χ3n) is 43.5. The summed E-state index contributed by atoms with van der Waals surface area (Å²) in [5, 5.41) is 117. The van der Waals surface area contributed by atoms with E-state index in [4.69, 9.17) is 28.4 Å². The summed E-state index contributed by atoms with van der Waals surface area (Å²) in [5.41, 5.74) is 0.720. The molecule has 2 heterocycles. The molecule has 0 amide bonds. The zero-order chi connectivity index (χ0) is 91.8. The molecule has 17 aliphatic rings. The van der Waals surface area contributed by atoms with Crippen LogP contribution in [0.5, 0.6) is 0 Å². The van der Waals surface area contributed by atoms with Crippen molar-refractivity contribution in [2.75, 3.05) is 0 Å². The minimum atomic E-state index is -1.90. The average Bonchev–Trinajstić information content (AvgIpc) is 0.677. The van der Waals surface area contributed by atoms with Gasteiger partial charge in [-0.25, -0.2) is 0 Å². The Bertz CT molecular complexity index is 4280. The van der Waals surface area contributed by atoms with Crippen molar-refractivity contribution in [3.63, 3.8) is 0 Å². The molecule has 4 unspecified atom stereocenters. The lowest BCUT2D eigenvalue weighted by molar-refractivity contribution is -0.404. The molecule has 15 aliphatic carbocycles. The molecule has 17 rings (SSSR count). The first-order valence-electron chi connectivity index (χ1n) is 48.5. The van der Waals surface area contributed by atoms with Crippen LogP contribution in [0.15, 0.2) is 34.9 Å². The molecule has 0 aromatic carbocycles. The minimum absolute atomic E-state index is 0.00244. The van der Waals surface area contributed by atoms with Crippen LogP contribution < -0.4 is 0 Å². The third kappa shape index (κ3) is 13.7. The molecule has 12 saturated carbocycles. The fraction of sp³-hybridized carbons (Fsp3) is 0.882. The van der Waals surface area contributed by atoms with Crippen molar-refractivity contribution >= 4 is 36.6 Å². The number of hydrogen-bond donors (Lipinski definition) is 11. The molecule has 0 spiro atoms. The van der Waals surface area contributed by atoms with Crippen LogP contribution in [0.1, 0.15) is 319 Å². The number of carbonyl (C=O) groups is 6. The number of fused-ring (bicyclic) bond motifs is 21. The van der Waals surface area contributed by atoms with Gasteiger partial charge in [0.15, 0.2) is 18.4 Å². The summed E-state index contributed by atoms with van der Waals surface area (Å²) in [6.45, 7) is 48.4. The fourth-order valence-corrected chi connectivity index (χ4v) is 34.8. The van der Waals surface area contributed by atoms with Gasteiger partial charge in [0.25, 0.3) is 12.9 Å². The molecule has 23 nitrogen and oxygen atoms in total. The number of allylic oxidation sites excluding steroid dienone is 6. The van der Waals surface area contributed by atoms with Crippen LogP contribution in [0, 0.1) is 157 Å². The Labute approximate surface area is 743 Å². The summed E-state index contributed by atoms with van der Waals surface area (Å²) in [6.07, 6.45) is 11.4. The number of aliphatic hydroxyl groups excluding tert-OH is 8. The van der Waals surface area contributed by atoms with E-state index in [0.29, 0.717) is 67.6 Å². The van der Waals surface area contributed by atoms with Crippen molar-refractivity contribution in [1.29, 1.82) is 0 Å². The van der Waals surface area contributed by atoms with Gasteiger partial charge in [0.05, 0.1) is 40.7 Å². The summed E-state index contributed by atoms with van der Waals surface area (Å²) in [4.78, 5) is 75.1. The van der Waals surface area contributed by atoms with E-state index in [-0.39, 0.29) is 102 Å². The highest BCUT2D eigenvalue weighted by molar-refractivity contribution is 5.96. The summed E-state index contributed by atoms with van der Waals surface area (Å²) in [7, 11) is 0. The first-order chi connectivity index (χ1) is 57.8. The van der Waals surface area contributed by atoms with Gasteiger partial charge >= 0.3 is 17.9 Å². The number of hydrogen-bond acceptors (Lipinski definition) is 20. The molecule has 2 saturated heterocycles. The highest BCUT2D eigenvalue weighted by Crippen LogP contribution is 2.81. The van der Waals surface area contributed by atoms with Crippen molar-refractivity contribution < 1.29 is 113 Å². The van der Waals surface area contributed by atoms with Crippen LogP contribution in [0.25, 0.3) is 0 Å². The molecule has 704 valence electrons. The van der Waals surface area contributed by atoms with Gasteiger partial charge in [0.2, 0.25) is 12.6 Å². The van der Waals surface area contributed by atoms with Crippen LogP contribution in [-0.2, 0) is 57.2 Å². The normalized spacial score (nSPS) is 54.2. The predicted molar refractivity (Wildman–Crippen MR) is 465 cm³/mol. The number of ketones is 1. The average molecular weight is 1750 g/mol. The van der Waals surface area contributed by atoms with Crippen molar-refractivity contribution in [3.8, 4) is 0 Å². The second-order valence-electron chi connectivity index (χ2n) is 50.0. The molecule has 11 N–H and O–H groups in total. The smallest absolute Gasteiger partial charge is 0.312 e. The number of carboxylic acids is 3. The Morgan fingerprint density at radius 3 is 1.54 bits per heavy atom. The number of aliphatic hydroxyl groups is 8. The van der Waals surface area contributed by atoms with Gasteiger partial charge in [-0.2, -0.15) is 0 Å². The molecule has 23 heteroatoms. The van der Waals surface area contributed by atoms with Gasteiger partial charge in [-0.1, -0.05) is 160 Å². The zero-order valence-electron chi connectivity index (χ0n) is 79.2. The van der Waals surface area contributed by atoms with E-state index in [1.165, 1.54) is 31.3 Å². The lowest BCUT2D eigenvalue weighted by Gasteiger charge is -2.71. The molecule has 2 aliphatic heterocycles. The maximum Gasteiger partial charge on any atom is 0.312 e. The molecule has 0 aromatic rings. The number of carbonyl (C=O) groups excluding carboxylic acids is 3. The molecule has 39 atom stereocenters. The molecular formula is C102H158O23. The summed E-state index contributed by atoms with van der Waals surface area (Å²) in [6, 6.07) is 0. The summed E-state index contributed by atoms with van der Waals surface area (Å²) in [5.74, 6) is 1.28. The number of carboxylic acid groups (broad SMARTS) is 3. The van der Waals surface area contributed by atoms with Crippen LogP contribution in [0.3, 0.4) is 0 Å². The number of rotatable bonds is 11. The topological polar surface area (TPSA) is 380 Å². The largest absolute Gasteiger partial charge is 0.481 e.